The predicted molar refractivity (Wildman–Crippen MR) is 111 cm³/mol. The third-order valence-electron chi connectivity index (χ3n) is 4.53. The van der Waals surface area contributed by atoms with Crippen molar-refractivity contribution in [3.8, 4) is 5.75 Å². The molecular formula is C21H22N2O5S. The van der Waals surface area contributed by atoms with E-state index < -0.39 is 16.4 Å². The molecule has 1 heterocycles. The Morgan fingerprint density at radius 1 is 1.17 bits per heavy atom. The van der Waals surface area contributed by atoms with Gasteiger partial charge < -0.3 is 14.7 Å². The maximum absolute atomic E-state index is 12.8. The van der Waals surface area contributed by atoms with Crippen LogP contribution in [0.2, 0.25) is 0 Å². The quantitative estimate of drug-likeness (QED) is 0.715. The number of thioether (sulfide) groups is 1. The molecule has 0 spiro atoms. The molecule has 0 radical (unpaired) electrons. The Labute approximate surface area is 173 Å². The minimum absolute atomic E-state index is 0.109. The van der Waals surface area contributed by atoms with Crippen molar-refractivity contribution in [1.82, 2.24) is 4.90 Å². The van der Waals surface area contributed by atoms with Crippen LogP contribution in [-0.4, -0.2) is 52.6 Å². The maximum atomic E-state index is 12.8. The summed E-state index contributed by atoms with van der Waals surface area (Å²) in [5.41, 5.74) is 1.34. The van der Waals surface area contributed by atoms with Crippen molar-refractivity contribution in [2.24, 2.45) is 0 Å². The number of benzene rings is 2. The molecule has 7 nitrogen and oxygen atoms in total. The molecule has 1 unspecified atom stereocenters. The molecule has 1 aliphatic rings. The van der Waals surface area contributed by atoms with Crippen molar-refractivity contribution >= 4 is 34.5 Å². The third kappa shape index (κ3) is 4.96. The van der Waals surface area contributed by atoms with E-state index in [2.05, 4.69) is 0 Å². The predicted octanol–water partition coefficient (Wildman–Crippen LogP) is 2.67. The number of imide groups is 1. The maximum Gasteiger partial charge on any atom is 0.293 e. The fourth-order valence-electron chi connectivity index (χ4n) is 3.07. The average Bonchev–Trinajstić information content (AvgIpc) is 3.01. The standard InChI is InChI=1S/C21H22N2O5S/c1-28-17-9-5-8-16(12-17)23-20(26)18(29-21(23)27)13-19(25)22(10-11-24)14-15-6-3-2-4-7-15/h2-9,12,18,24H,10-11,13-14H2,1H3. The minimum atomic E-state index is -0.793. The molecule has 0 saturated carbocycles. The van der Waals surface area contributed by atoms with Gasteiger partial charge in [0.2, 0.25) is 11.8 Å². The number of carbonyl (C=O) groups is 3. The monoisotopic (exact) mass is 414 g/mol. The van der Waals surface area contributed by atoms with E-state index in [1.807, 2.05) is 30.3 Å². The van der Waals surface area contributed by atoms with E-state index in [9.17, 15) is 19.5 Å². The zero-order valence-electron chi connectivity index (χ0n) is 16.0. The van der Waals surface area contributed by atoms with Crippen LogP contribution in [0.5, 0.6) is 5.75 Å². The lowest BCUT2D eigenvalue weighted by Crippen LogP contribution is -2.37. The largest absolute Gasteiger partial charge is 0.497 e. The van der Waals surface area contributed by atoms with Gasteiger partial charge in [-0.15, -0.1) is 0 Å². The molecule has 1 aliphatic heterocycles. The van der Waals surface area contributed by atoms with E-state index in [1.165, 1.54) is 12.0 Å². The number of anilines is 1. The molecule has 1 N–H and O–H groups in total. The number of hydrogen-bond donors (Lipinski definition) is 1. The highest BCUT2D eigenvalue weighted by molar-refractivity contribution is 8.15. The van der Waals surface area contributed by atoms with Gasteiger partial charge in [-0.25, -0.2) is 4.90 Å². The summed E-state index contributed by atoms with van der Waals surface area (Å²) < 4.78 is 5.15. The van der Waals surface area contributed by atoms with Crippen LogP contribution in [0.15, 0.2) is 54.6 Å². The van der Waals surface area contributed by atoms with Crippen LogP contribution < -0.4 is 9.64 Å². The zero-order chi connectivity index (χ0) is 20.8. The van der Waals surface area contributed by atoms with Crippen molar-refractivity contribution in [3.63, 3.8) is 0 Å². The van der Waals surface area contributed by atoms with Gasteiger partial charge in [0, 0.05) is 25.6 Å². The molecule has 1 saturated heterocycles. The zero-order valence-corrected chi connectivity index (χ0v) is 16.8. The molecule has 152 valence electrons. The summed E-state index contributed by atoms with van der Waals surface area (Å²) in [6.45, 7) is 0.311. The molecule has 3 rings (SSSR count). The van der Waals surface area contributed by atoms with Crippen LogP contribution in [0.1, 0.15) is 12.0 Å². The molecule has 0 bridgehead atoms. The smallest absolute Gasteiger partial charge is 0.293 e. The van der Waals surface area contributed by atoms with Crippen molar-refractivity contribution in [2.45, 2.75) is 18.2 Å². The van der Waals surface area contributed by atoms with Crippen molar-refractivity contribution in [1.29, 1.82) is 0 Å². The lowest BCUT2D eigenvalue weighted by molar-refractivity contribution is -0.133. The summed E-state index contributed by atoms with van der Waals surface area (Å²) in [6, 6.07) is 16.1. The van der Waals surface area contributed by atoms with Crippen molar-refractivity contribution in [3.05, 3.63) is 60.2 Å². The van der Waals surface area contributed by atoms with Crippen LogP contribution in [-0.2, 0) is 16.1 Å². The summed E-state index contributed by atoms with van der Waals surface area (Å²) in [5.74, 6) is -0.177. The normalized spacial score (nSPS) is 16.2. The second-order valence-electron chi connectivity index (χ2n) is 6.48. The number of rotatable bonds is 8. The molecule has 0 aromatic heterocycles. The summed E-state index contributed by atoms with van der Waals surface area (Å²) in [5, 5.41) is 8.11. The Balaban J connectivity index is 1.70. The Morgan fingerprint density at radius 3 is 2.62 bits per heavy atom. The van der Waals surface area contributed by atoms with Crippen molar-refractivity contribution < 1.29 is 24.2 Å². The van der Waals surface area contributed by atoms with Gasteiger partial charge in [-0.2, -0.15) is 0 Å². The molecule has 1 atom stereocenters. The molecule has 8 heteroatoms. The first-order valence-electron chi connectivity index (χ1n) is 9.14. The summed E-state index contributed by atoms with van der Waals surface area (Å²) in [4.78, 5) is 40.6. The van der Waals surface area contributed by atoms with Gasteiger partial charge in [0.15, 0.2) is 0 Å². The summed E-state index contributed by atoms with van der Waals surface area (Å²) in [6.07, 6.45) is -0.109. The Hall–Kier alpha value is -2.84. The number of ether oxygens (including phenoxy) is 1. The van der Waals surface area contributed by atoms with Gasteiger partial charge in [-0.1, -0.05) is 36.4 Å². The van der Waals surface area contributed by atoms with E-state index in [0.717, 1.165) is 22.2 Å². The molecule has 1 fully saturated rings. The third-order valence-corrected chi connectivity index (χ3v) is 5.57. The first kappa shape index (κ1) is 20.9. The summed E-state index contributed by atoms with van der Waals surface area (Å²) >= 11 is 0.847. The lowest BCUT2D eigenvalue weighted by atomic mass is 10.2. The molecule has 2 aromatic rings. The average molecular weight is 414 g/mol. The van der Waals surface area contributed by atoms with Gasteiger partial charge in [-0.05, 0) is 29.5 Å². The molecule has 0 aliphatic carbocycles. The topological polar surface area (TPSA) is 87.2 Å². The van der Waals surface area contributed by atoms with E-state index in [-0.39, 0.29) is 25.5 Å². The van der Waals surface area contributed by atoms with E-state index >= 15 is 0 Å². The second kappa shape index (κ2) is 9.58. The number of nitrogens with zero attached hydrogens (tertiary/aromatic N) is 2. The fourth-order valence-corrected chi connectivity index (χ4v) is 4.05. The van der Waals surface area contributed by atoms with Crippen LogP contribution >= 0.6 is 11.8 Å². The van der Waals surface area contributed by atoms with Crippen LogP contribution in [0, 0.1) is 0 Å². The number of aliphatic hydroxyl groups is 1. The number of hydrogen-bond acceptors (Lipinski definition) is 6. The number of aliphatic hydroxyl groups excluding tert-OH is 1. The first-order chi connectivity index (χ1) is 14.0. The Morgan fingerprint density at radius 2 is 1.93 bits per heavy atom. The van der Waals surface area contributed by atoms with Gasteiger partial charge in [-0.3, -0.25) is 14.4 Å². The second-order valence-corrected chi connectivity index (χ2v) is 7.63. The number of methoxy groups -OCH3 is 1. The molecular weight excluding hydrogens is 392 g/mol. The molecule has 2 aromatic carbocycles. The summed E-state index contributed by atoms with van der Waals surface area (Å²) in [7, 11) is 1.51. The van der Waals surface area contributed by atoms with Crippen LogP contribution in [0.3, 0.4) is 0 Å². The Kier molecular flexibility index (Phi) is 6.90. The highest BCUT2D eigenvalue weighted by Gasteiger charge is 2.42. The van der Waals surface area contributed by atoms with E-state index in [4.69, 9.17) is 4.74 Å². The van der Waals surface area contributed by atoms with Crippen molar-refractivity contribution in [2.75, 3.05) is 25.2 Å². The van der Waals surface area contributed by atoms with E-state index in [1.54, 1.807) is 24.3 Å². The van der Waals surface area contributed by atoms with Gasteiger partial charge in [0.25, 0.3) is 5.24 Å². The molecule has 29 heavy (non-hydrogen) atoms. The lowest BCUT2D eigenvalue weighted by Gasteiger charge is -2.23. The van der Waals surface area contributed by atoms with Crippen LogP contribution in [0.25, 0.3) is 0 Å². The van der Waals surface area contributed by atoms with Gasteiger partial charge in [0.05, 0.1) is 19.4 Å². The Bertz CT molecular complexity index is 890. The first-order valence-corrected chi connectivity index (χ1v) is 10.0. The minimum Gasteiger partial charge on any atom is -0.497 e. The van der Waals surface area contributed by atoms with Gasteiger partial charge in [0.1, 0.15) is 11.0 Å². The number of carbonyl (C=O) groups excluding carboxylic acids is 3. The van der Waals surface area contributed by atoms with Crippen LogP contribution in [0.4, 0.5) is 10.5 Å². The highest BCUT2D eigenvalue weighted by atomic mass is 32.2. The SMILES string of the molecule is COc1cccc(N2C(=O)SC(CC(=O)N(CCO)Cc3ccccc3)C2=O)c1. The van der Waals surface area contributed by atoms with E-state index in [0.29, 0.717) is 18.0 Å². The highest BCUT2D eigenvalue weighted by Crippen LogP contribution is 2.35. The molecule has 3 amide bonds. The van der Waals surface area contributed by atoms with Gasteiger partial charge >= 0.3 is 0 Å². The number of amides is 3. The fraction of sp³-hybridized carbons (Fsp3) is 0.286.